The highest BCUT2D eigenvalue weighted by Crippen LogP contribution is 2.52. The van der Waals surface area contributed by atoms with Gasteiger partial charge in [0, 0.05) is 22.2 Å². The highest BCUT2D eigenvalue weighted by molar-refractivity contribution is 6.32. The fourth-order valence-electron chi connectivity index (χ4n) is 4.08. The second-order valence-electron chi connectivity index (χ2n) is 6.52. The average molecular weight is 340 g/mol. The molecular formula is C20H18ClNO2. The zero-order chi connectivity index (χ0) is 16.8. The minimum Gasteiger partial charge on any atom is -0.478 e. The van der Waals surface area contributed by atoms with Gasteiger partial charge in [0.05, 0.1) is 11.6 Å². The molecule has 2 N–H and O–H groups in total. The van der Waals surface area contributed by atoms with Crippen LogP contribution in [-0.2, 0) is 0 Å². The fraction of sp³-hybridized carbons (Fsp3) is 0.250. The minimum atomic E-state index is -0.886. The molecule has 4 rings (SSSR count). The highest BCUT2D eigenvalue weighted by atomic mass is 35.5. The maximum atomic E-state index is 11.7. The summed E-state index contributed by atoms with van der Waals surface area (Å²) in [6, 6.07) is 11.2. The van der Waals surface area contributed by atoms with Crippen LogP contribution in [0.4, 0.5) is 5.69 Å². The number of hydrogen-bond donors (Lipinski definition) is 2. The van der Waals surface area contributed by atoms with Crippen molar-refractivity contribution in [3.63, 3.8) is 0 Å². The van der Waals surface area contributed by atoms with Crippen LogP contribution in [0.2, 0.25) is 5.02 Å². The molecule has 122 valence electrons. The lowest BCUT2D eigenvalue weighted by atomic mass is 9.75. The predicted molar refractivity (Wildman–Crippen MR) is 95.9 cm³/mol. The molecule has 0 amide bonds. The second-order valence-corrected chi connectivity index (χ2v) is 6.93. The lowest BCUT2D eigenvalue weighted by molar-refractivity contribution is 0.0694. The number of carboxylic acid groups (broad SMARTS) is 1. The summed E-state index contributed by atoms with van der Waals surface area (Å²) < 4.78 is 0. The molecule has 0 spiro atoms. The van der Waals surface area contributed by atoms with E-state index in [2.05, 4.69) is 24.4 Å². The van der Waals surface area contributed by atoms with Gasteiger partial charge in [0.25, 0.3) is 0 Å². The van der Waals surface area contributed by atoms with Crippen molar-refractivity contribution in [1.82, 2.24) is 0 Å². The molecular weight excluding hydrogens is 322 g/mol. The topological polar surface area (TPSA) is 49.3 Å². The first kappa shape index (κ1) is 15.3. The molecule has 1 aliphatic carbocycles. The summed E-state index contributed by atoms with van der Waals surface area (Å²) in [6.45, 7) is 2.06. The first-order valence-corrected chi connectivity index (χ1v) is 8.50. The number of anilines is 1. The number of carboxylic acids is 1. The average Bonchev–Trinajstić information content (AvgIpc) is 3.06. The third kappa shape index (κ3) is 2.23. The van der Waals surface area contributed by atoms with Gasteiger partial charge in [-0.05, 0) is 42.5 Å². The van der Waals surface area contributed by atoms with Crippen molar-refractivity contribution >= 4 is 23.3 Å². The molecule has 1 heterocycles. The largest absolute Gasteiger partial charge is 0.478 e. The third-order valence-electron chi connectivity index (χ3n) is 5.20. The number of allylic oxidation sites excluding steroid dienone is 2. The van der Waals surface area contributed by atoms with Gasteiger partial charge < -0.3 is 10.4 Å². The molecule has 0 saturated carbocycles. The normalized spacial score (nSPS) is 24.2. The Morgan fingerprint density at radius 3 is 2.83 bits per heavy atom. The van der Waals surface area contributed by atoms with Gasteiger partial charge in [0.2, 0.25) is 0 Å². The van der Waals surface area contributed by atoms with Crippen LogP contribution in [0, 0.1) is 12.8 Å². The van der Waals surface area contributed by atoms with Gasteiger partial charge in [0.15, 0.2) is 0 Å². The molecule has 24 heavy (non-hydrogen) atoms. The first-order valence-electron chi connectivity index (χ1n) is 8.12. The van der Waals surface area contributed by atoms with E-state index in [-0.39, 0.29) is 17.9 Å². The van der Waals surface area contributed by atoms with Gasteiger partial charge >= 0.3 is 5.97 Å². The van der Waals surface area contributed by atoms with Crippen LogP contribution in [0.3, 0.4) is 0 Å². The first-order chi connectivity index (χ1) is 11.6. The Morgan fingerprint density at radius 2 is 2.04 bits per heavy atom. The number of carbonyl (C=O) groups is 1. The molecule has 0 saturated heterocycles. The molecule has 0 aromatic heterocycles. The Bertz CT molecular complexity index is 859. The lowest BCUT2D eigenvalue weighted by Crippen LogP contribution is -2.31. The SMILES string of the molecule is Cc1ccc(Cl)c2c1N[C@H](c1ccccc1C(=O)O)[C@H]1CC=C[C@@H]21. The summed E-state index contributed by atoms with van der Waals surface area (Å²) >= 11 is 6.49. The van der Waals surface area contributed by atoms with Gasteiger partial charge in [-0.2, -0.15) is 0 Å². The Kier molecular flexibility index (Phi) is 3.61. The Labute approximate surface area is 146 Å². The quantitative estimate of drug-likeness (QED) is 0.742. The van der Waals surface area contributed by atoms with E-state index in [1.54, 1.807) is 12.1 Å². The number of aromatic carboxylic acids is 1. The summed E-state index contributed by atoms with van der Waals surface area (Å²) in [4.78, 5) is 11.7. The van der Waals surface area contributed by atoms with Crippen LogP contribution in [0.15, 0.2) is 48.6 Å². The predicted octanol–water partition coefficient (Wildman–Crippen LogP) is 5.17. The summed E-state index contributed by atoms with van der Waals surface area (Å²) in [5, 5.41) is 13.9. The zero-order valence-electron chi connectivity index (χ0n) is 13.3. The molecule has 2 aliphatic rings. The number of benzene rings is 2. The number of rotatable bonds is 2. The fourth-order valence-corrected chi connectivity index (χ4v) is 4.36. The standard InChI is InChI=1S/C20H18ClNO2/c1-11-9-10-16(21)17-12-7-4-8-13(12)19(22-18(11)17)14-5-2-3-6-15(14)20(23)24/h2-7,9-10,12-13,19,22H,8H2,1H3,(H,23,24)/t12-,13+,19+/m1/s1. The number of hydrogen-bond acceptors (Lipinski definition) is 2. The molecule has 0 radical (unpaired) electrons. The number of nitrogens with one attached hydrogen (secondary N) is 1. The number of fused-ring (bicyclic) bond motifs is 3. The van der Waals surface area contributed by atoms with E-state index in [1.165, 1.54) is 0 Å². The number of halogens is 1. The van der Waals surface area contributed by atoms with Crippen molar-refractivity contribution in [1.29, 1.82) is 0 Å². The molecule has 0 bridgehead atoms. The van der Waals surface area contributed by atoms with Crippen LogP contribution >= 0.6 is 11.6 Å². The molecule has 0 unspecified atom stereocenters. The van der Waals surface area contributed by atoms with E-state index >= 15 is 0 Å². The smallest absolute Gasteiger partial charge is 0.336 e. The van der Waals surface area contributed by atoms with E-state index in [9.17, 15) is 9.90 Å². The summed E-state index contributed by atoms with van der Waals surface area (Å²) in [5.74, 6) is -0.388. The molecule has 3 nitrogen and oxygen atoms in total. The Morgan fingerprint density at radius 1 is 1.25 bits per heavy atom. The van der Waals surface area contributed by atoms with E-state index in [0.717, 1.165) is 33.8 Å². The van der Waals surface area contributed by atoms with Crippen LogP contribution in [-0.4, -0.2) is 11.1 Å². The van der Waals surface area contributed by atoms with Crippen molar-refractivity contribution in [2.75, 3.05) is 5.32 Å². The summed E-state index contributed by atoms with van der Waals surface area (Å²) in [6.07, 6.45) is 5.31. The Hall–Kier alpha value is -2.26. The summed E-state index contributed by atoms with van der Waals surface area (Å²) in [7, 11) is 0. The molecule has 0 fully saturated rings. The van der Waals surface area contributed by atoms with Crippen molar-refractivity contribution in [2.24, 2.45) is 5.92 Å². The molecule has 2 aromatic carbocycles. The van der Waals surface area contributed by atoms with Crippen LogP contribution < -0.4 is 5.32 Å². The van der Waals surface area contributed by atoms with Crippen molar-refractivity contribution < 1.29 is 9.90 Å². The van der Waals surface area contributed by atoms with Crippen molar-refractivity contribution in [2.45, 2.75) is 25.3 Å². The molecule has 1 aliphatic heterocycles. The van der Waals surface area contributed by atoms with E-state index in [0.29, 0.717) is 5.56 Å². The van der Waals surface area contributed by atoms with Gasteiger partial charge in [-0.15, -0.1) is 0 Å². The van der Waals surface area contributed by atoms with Crippen molar-refractivity contribution in [3.05, 3.63) is 75.8 Å². The maximum absolute atomic E-state index is 11.7. The van der Waals surface area contributed by atoms with Gasteiger partial charge in [-0.3, -0.25) is 0 Å². The number of aryl methyl sites for hydroxylation is 1. The van der Waals surface area contributed by atoms with E-state index in [1.807, 2.05) is 24.3 Å². The third-order valence-corrected chi connectivity index (χ3v) is 5.53. The zero-order valence-corrected chi connectivity index (χ0v) is 14.0. The molecule has 4 heteroatoms. The van der Waals surface area contributed by atoms with Gasteiger partial charge in [0.1, 0.15) is 0 Å². The maximum Gasteiger partial charge on any atom is 0.336 e. The minimum absolute atomic E-state index is 0.0398. The lowest BCUT2D eigenvalue weighted by Gasteiger charge is -2.39. The Balaban J connectivity index is 1.88. The monoisotopic (exact) mass is 339 g/mol. The van der Waals surface area contributed by atoms with Crippen LogP contribution in [0.1, 0.15) is 45.4 Å². The van der Waals surface area contributed by atoms with Gasteiger partial charge in [-0.25, -0.2) is 4.79 Å². The molecule has 3 atom stereocenters. The molecule has 2 aromatic rings. The second kappa shape index (κ2) is 5.67. The van der Waals surface area contributed by atoms with E-state index in [4.69, 9.17) is 11.6 Å². The van der Waals surface area contributed by atoms with Crippen LogP contribution in [0.25, 0.3) is 0 Å². The summed E-state index contributed by atoms with van der Waals surface area (Å²) in [5.41, 5.74) is 4.52. The van der Waals surface area contributed by atoms with Crippen LogP contribution in [0.5, 0.6) is 0 Å². The van der Waals surface area contributed by atoms with E-state index < -0.39 is 5.97 Å². The van der Waals surface area contributed by atoms with Crippen molar-refractivity contribution in [3.8, 4) is 0 Å². The highest BCUT2D eigenvalue weighted by Gasteiger charge is 2.40. The van der Waals surface area contributed by atoms with Gasteiger partial charge in [-0.1, -0.05) is 48.0 Å².